The number of hydrogen-bond donors (Lipinski definition) is 2. The minimum absolute atomic E-state index is 0.319. The van der Waals surface area contributed by atoms with E-state index in [1.807, 2.05) is 60.7 Å². The SMILES string of the molecule is O=C(C(Cc1ccccc1)Cc1ccccc1)P(=O)(O)O. The molecule has 2 rings (SSSR count). The second-order valence-electron chi connectivity index (χ2n) is 4.96. The van der Waals surface area contributed by atoms with Crippen LogP contribution >= 0.6 is 7.60 Å². The van der Waals surface area contributed by atoms with E-state index in [4.69, 9.17) is 0 Å². The van der Waals surface area contributed by atoms with Crippen molar-refractivity contribution in [1.82, 2.24) is 0 Å². The number of benzene rings is 2. The third-order valence-electron chi connectivity index (χ3n) is 3.29. The molecule has 0 fully saturated rings. The highest BCUT2D eigenvalue weighted by Crippen LogP contribution is 2.40. The maximum absolute atomic E-state index is 12.0. The summed E-state index contributed by atoms with van der Waals surface area (Å²) in [7, 11) is -4.73. The molecule has 2 N–H and O–H groups in total. The minimum Gasteiger partial charge on any atom is -0.319 e. The van der Waals surface area contributed by atoms with E-state index in [-0.39, 0.29) is 0 Å². The molecule has 21 heavy (non-hydrogen) atoms. The summed E-state index contributed by atoms with van der Waals surface area (Å²) in [6, 6.07) is 18.5. The van der Waals surface area contributed by atoms with Gasteiger partial charge in [-0.3, -0.25) is 9.36 Å². The Morgan fingerprint density at radius 1 is 0.857 bits per heavy atom. The molecule has 0 amide bonds. The van der Waals surface area contributed by atoms with Crippen LogP contribution in [0.15, 0.2) is 60.7 Å². The Morgan fingerprint density at radius 2 is 1.24 bits per heavy atom. The van der Waals surface area contributed by atoms with Crippen molar-refractivity contribution >= 4 is 13.1 Å². The number of hydrogen-bond acceptors (Lipinski definition) is 2. The van der Waals surface area contributed by atoms with Crippen LogP contribution in [-0.2, 0) is 22.2 Å². The van der Waals surface area contributed by atoms with Gasteiger partial charge in [0.05, 0.1) is 0 Å². The number of carbonyl (C=O) groups excluding carboxylic acids is 1. The summed E-state index contributed by atoms with van der Waals surface area (Å²) in [6.07, 6.45) is 0.638. The standard InChI is InChI=1S/C16H17O4P/c17-16(21(18,19)20)15(11-13-7-3-1-4-8-13)12-14-9-5-2-6-10-14/h1-10,15H,11-12H2,(H2,18,19,20). The average molecular weight is 304 g/mol. The molecule has 0 unspecified atom stereocenters. The molecule has 2 aromatic rings. The maximum Gasteiger partial charge on any atom is 0.391 e. The van der Waals surface area contributed by atoms with Gasteiger partial charge in [0.1, 0.15) is 0 Å². The van der Waals surface area contributed by atoms with Gasteiger partial charge in [0.15, 0.2) is 0 Å². The van der Waals surface area contributed by atoms with Crippen LogP contribution < -0.4 is 0 Å². The Labute approximate surface area is 123 Å². The molecular weight excluding hydrogens is 287 g/mol. The first-order valence-corrected chi connectivity index (χ1v) is 8.26. The van der Waals surface area contributed by atoms with E-state index in [2.05, 4.69) is 0 Å². The predicted molar refractivity (Wildman–Crippen MR) is 80.8 cm³/mol. The molecule has 4 nitrogen and oxygen atoms in total. The molecule has 2 aromatic carbocycles. The minimum atomic E-state index is -4.73. The first kappa shape index (κ1) is 15.6. The lowest BCUT2D eigenvalue weighted by Crippen LogP contribution is -2.20. The van der Waals surface area contributed by atoms with E-state index < -0.39 is 19.0 Å². The molecule has 0 saturated carbocycles. The summed E-state index contributed by atoms with van der Waals surface area (Å²) in [6.45, 7) is 0. The Hall–Kier alpha value is -1.74. The van der Waals surface area contributed by atoms with E-state index in [1.165, 1.54) is 0 Å². The lowest BCUT2D eigenvalue weighted by molar-refractivity contribution is -0.116. The molecule has 0 atom stereocenters. The van der Waals surface area contributed by atoms with Crippen molar-refractivity contribution < 1.29 is 19.1 Å². The summed E-state index contributed by atoms with van der Waals surface area (Å²) >= 11 is 0. The highest BCUT2D eigenvalue weighted by atomic mass is 31.2. The predicted octanol–water partition coefficient (Wildman–Crippen LogP) is 2.79. The van der Waals surface area contributed by atoms with Crippen molar-refractivity contribution in [2.75, 3.05) is 0 Å². The van der Waals surface area contributed by atoms with Crippen LogP contribution in [0.1, 0.15) is 11.1 Å². The zero-order valence-electron chi connectivity index (χ0n) is 11.4. The molecule has 5 heteroatoms. The second kappa shape index (κ2) is 6.81. The van der Waals surface area contributed by atoms with E-state index in [1.54, 1.807) is 0 Å². The first-order chi connectivity index (χ1) is 9.97. The summed E-state index contributed by atoms with van der Waals surface area (Å²) in [4.78, 5) is 30.4. The van der Waals surface area contributed by atoms with Gasteiger partial charge in [-0.1, -0.05) is 60.7 Å². The van der Waals surface area contributed by atoms with Gasteiger partial charge < -0.3 is 9.79 Å². The quantitative estimate of drug-likeness (QED) is 0.805. The lowest BCUT2D eigenvalue weighted by atomic mass is 9.93. The Balaban J connectivity index is 2.22. The van der Waals surface area contributed by atoms with Crippen molar-refractivity contribution in [2.24, 2.45) is 5.92 Å². The largest absolute Gasteiger partial charge is 0.391 e. The molecule has 0 spiro atoms. The smallest absolute Gasteiger partial charge is 0.319 e. The second-order valence-corrected chi connectivity index (χ2v) is 6.49. The van der Waals surface area contributed by atoms with Crippen LogP contribution in [0.4, 0.5) is 0 Å². The summed E-state index contributed by atoms with van der Waals surface area (Å²) in [5.41, 5.74) is 0.788. The maximum atomic E-state index is 12.0. The van der Waals surface area contributed by atoms with Gasteiger partial charge in [0, 0.05) is 5.92 Å². The van der Waals surface area contributed by atoms with Crippen LogP contribution in [0.3, 0.4) is 0 Å². The van der Waals surface area contributed by atoms with E-state index in [9.17, 15) is 19.1 Å². The van der Waals surface area contributed by atoms with Crippen molar-refractivity contribution in [3.8, 4) is 0 Å². The monoisotopic (exact) mass is 304 g/mol. The van der Waals surface area contributed by atoms with E-state index in [0.717, 1.165) is 11.1 Å². The van der Waals surface area contributed by atoms with Crippen LogP contribution in [0.25, 0.3) is 0 Å². The number of carbonyl (C=O) groups is 1. The third-order valence-corrected chi connectivity index (χ3v) is 4.23. The molecule has 0 radical (unpaired) electrons. The van der Waals surface area contributed by atoms with Crippen molar-refractivity contribution in [3.63, 3.8) is 0 Å². The van der Waals surface area contributed by atoms with Gasteiger partial charge in [-0.05, 0) is 24.0 Å². The number of rotatable bonds is 6. The van der Waals surface area contributed by atoms with Crippen LogP contribution in [0, 0.1) is 5.92 Å². The topological polar surface area (TPSA) is 74.6 Å². The zero-order chi connectivity index (χ0) is 15.3. The highest BCUT2D eigenvalue weighted by molar-refractivity contribution is 7.70. The molecule has 0 aliphatic rings. The Kier molecular flexibility index (Phi) is 5.07. The normalized spacial score (nSPS) is 11.6. The Bertz CT molecular complexity index is 592. The van der Waals surface area contributed by atoms with Gasteiger partial charge in [0.2, 0.25) is 5.52 Å². The molecule has 0 heterocycles. The van der Waals surface area contributed by atoms with Gasteiger partial charge in [0.25, 0.3) is 0 Å². The average Bonchev–Trinajstić information content (AvgIpc) is 2.47. The Morgan fingerprint density at radius 3 is 1.57 bits per heavy atom. The molecule has 0 aliphatic carbocycles. The van der Waals surface area contributed by atoms with Gasteiger partial charge in [-0.25, -0.2) is 0 Å². The molecular formula is C16H17O4P. The van der Waals surface area contributed by atoms with Crippen LogP contribution in [0.5, 0.6) is 0 Å². The molecule has 0 aromatic heterocycles. The van der Waals surface area contributed by atoms with E-state index >= 15 is 0 Å². The molecule has 110 valence electrons. The van der Waals surface area contributed by atoms with Crippen molar-refractivity contribution in [1.29, 1.82) is 0 Å². The van der Waals surface area contributed by atoms with Crippen LogP contribution in [0.2, 0.25) is 0 Å². The van der Waals surface area contributed by atoms with Gasteiger partial charge >= 0.3 is 7.60 Å². The fourth-order valence-electron chi connectivity index (χ4n) is 2.28. The van der Waals surface area contributed by atoms with Crippen molar-refractivity contribution in [3.05, 3.63) is 71.8 Å². The summed E-state index contributed by atoms with van der Waals surface area (Å²) < 4.78 is 11.3. The first-order valence-electron chi connectivity index (χ1n) is 6.64. The van der Waals surface area contributed by atoms with Gasteiger partial charge in [-0.2, -0.15) is 0 Å². The fourth-order valence-corrected chi connectivity index (χ4v) is 2.94. The third kappa shape index (κ3) is 4.64. The van der Waals surface area contributed by atoms with Crippen molar-refractivity contribution in [2.45, 2.75) is 12.8 Å². The molecule has 0 saturated heterocycles. The zero-order valence-corrected chi connectivity index (χ0v) is 12.3. The molecule has 0 aliphatic heterocycles. The highest BCUT2D eigenvalue weighted by Gasteiger charge is 2.33. The summed E-state index contributed by atoms with van der Waals surface area (Å²) in [5, 5.41) is 0. The van der Waals surface area contributed by atoms with E-state index in [0.29, 0.717) is 12.8 Å². The lowest BCUT2D eigenvalue weighted by Gasteiger charge is -2.16. The van der Waals surface area contributed by atoms with Crippen LogP contribution in [-0.4, -0.2) is 15.3 Å². The van der Waals surface area contributed by atoms with Gasteiger partial charge in [-0.15, -0.1) is 0 Å². The fraction of sp³-hybridized carbons (Fsp3) is 0.188. The summed E-state index contributed by atoms with van der Waals surface area (Å²) in [5.74, 6) is -0.726. The molecule has 0 bridgehead atoms.